The van der Waals surface area contributed by atoms with Crippen LogP contribution in [-0.4, -0.2) is 0 Å². The van der Waals surface area contributed by atoms with Gasteiger partial charge >= 0.3 is 0 Å². The van der Waals surface area contributed by atoms with Crippen LogP contribution >= 0.6 is 11.3 Å². The van der Waals surface area contributed by atoms with Gasteiger partial charge in [0.1, 0.15) is 5.82 Å². The molecule has 0 fully saturated rings. The Balaban J connectivity index is 2.47. The van der Waals surface area contributed by atoms with E-state index in [1.54, 1.807) is 23.5 Å². The highest BCUT2D eigenvalue weighted by Gasteiger charge is 2.02. The van der Waals surface area contributed by atoms with E-state index in [0.29, 0.717) is 0 Å². The Kier molecular flexibility index (Phi) is 2.02. The normalized spacial score (nSPS) is 10.2. The summed E-state index contributed by atoms with van der Waals surface area (Å²) in [5.41, 5.74) is 7.44. The van der Waals surface area contributed by atoms with Gasteiger partial charge in [-0.05, 0) is 29.1 Å². The van der Waals surface area contributed by atoms with Crippen molar-refractivity contribution in [1.82, 2.24) is 0 Å². The number of hydrogen-bond acceptors (Lipinski definition) is 2. The maximum Gasteiger partial charge on any atom is 0.123 e. The predicted molar refractivity (Wildman–Crippen MR) is 54.1 cm³/mol. The Morgan fingerprint density at radius 2 is 1.77 bits per heavy atom. The molecule has 2 rings (SSSR count). The minimum Gasteiger partial charge on any atom is -0.398 e. The molecule has 0 unspecified atom stereocenters. The summed E-state index contributed by atoms with van der Waals surface area (Å²) >= 11 is 1.56. The Labute approximate surface area is 79.6 Å². The maximum absolute atomic E-state index is 12.6. The number of halogens is 1. The molecule has 0 aliphatic heterocycles. The quantitative estimate of drug-likeness (QED) is 0.739. The van der Waals surface area contributed by atoms with Gasteiger partial charge in [0.05, 0.1) is 10.6 Å². The summed E-state index contributed by atoms with van der Waals surface area (Å²) in [7, 11) is 0. The average Bonchev–Trinajstić information content (AvgIpc) is 2.53. The summed E-state index contributed by atoms with van der Waals surface area (Å²) < 4.78 is 12.6. The van der Waals surface area contributed by atoms with Crippen LogP contribution in [0.15, 0.2) is 35.7 Å². The van der Waals surface area contributed by atoms with Gasteiger partial charge in [-0.2, -0.15) is 0 Å². The van der Waals surface area contributed by atoms with Crippen molar-refractivity contribution in [3.05, 3.63) is 41.5 Å². The third-order valence-electron chi connectivity index (χ3n) is 1.80. The summed E-state index contributed by atoms with van der Waals surface area (Å²) in [6.45, 7) is 0. The topological polar surface area (TPSA) is 26.0 Å². The number of benzene rings is 1. The Morgan fingerprint density at radius 1 is 1.08 bits per heavy atom. The van der Waals surface area contributed by atoms with Crippen LogP contribution in [0.5, 0.6) is 0 Å². The number of nitrogen functional groups attached to an aromatic ring is 1. The van der Waals surface area contributed by atoms with Crippen molar-refractivity contribution in [3.8, 4) is 10.4 Å². The molecular formula is C10H8FNS. The van der Waals surface area contributed by atoms with Crippen molar-refractivity contribution in [2.45, 2.75) is 0 Å². The second kappa shape index (κ2) is 3.18. The molecule has 0 saturated carbocycles. The molecule has 0 spiro atoms. The van der Waals surface area contributed by atoms with Gasteiger partial charge in [-0.3, -0.25) is 0 Å². The highest BCUT2D eigenvalue weighted by Crippen LogP contribution is 2.31. The molecule has 2 aromatic rings. The number of nitrogens with two attached hydrogens (primary N) is 1. The van der Waals surface area contributed by atoms with Gasteiger partial charge in [0.2, 0.25) is 0 Å². The first-order valence-electron chi connectivity index (χ1n) is 3.86. The third kappa shape index (κ3) is 1.55. The summed E-state index contributed by atoms with van der Waals surface area (Å²) in [5, 5.41) is 1.92. The van der Waals surface area contributed by atoms with Crippen molar-refractivity contribution in [2.24, 2.45) is 0 Å². The van der Waals surface area contributed by atoms with E-state index in [2.05, 4.69) is 0 Å². The van der Waals surface area contributed by atoms with E-state index in [4.69, 9.17) is 5.73 Å². The molecule has 0 amide bonds. The molecule has 66 valence electrons. The van der Waals surface area contributed by atoms with E-state index >= 15 is 0 Å². The lowest BCUT2D eigenvalue weighted by atomic mass is 10.2. The fraction of sp³-hybridized carbons (Fsp3) is 0. The first-order chi connectivity index (χ1) is 6.27. The van der Waals surface area contributed by atoms with E-state index in [-0.39, 0.29) is 5.82 Å². The SMILES string of the molecule is Nc1ccsc1-c1ccc(F)cc1. The van der Waals surface area contributed by atoms with Crippen LogP contribution in [0.1, 0.15) is 0 Å². The van der Waals surface area contributed by atoms with Gasteiger partial charge in [-0.15, -0.1) is 11.3 Å². The zero-order valence-electron chi connectivity index (χ0n) is 6.83. The molecule has 3 heteroatoms. The number of hydrogen-bond donors (Lipinski definition) is 1. The van der Waals surface area contributed by atoms with E-state index in [1.807, 2.05) is 11.4 Å². The second-order valence-electron chi connectivity index (χ2n) is 2.71. The van der Waals surface area contributed by atoms with Crippen LogP contribution in [0.25, 0.3) is 10.4 Å². The number of anilines is 1. The van der Waals surface area contributed by atoms with E-state index in [9.17, 15) is 4.39 Å². The standard InChI is InChI=1S/C10H8FNS/c11-8-3-1-7(2-4-8)10-9(12)5-6-13-10/h1-6H,12H2. The minimum absolute atomic E-state index is 0.223. The molecule has 1 nitrogen and oxygen atoms in total. The van der Waals surface area contributed by atoms with Crippen LogP contribution in [0.4, 0.5) is 10.1 Å². The van der Waals surface area contributed by atoms with Gasteiger partial charge < -0.3 is 5.73 Å². The largest absolute Gasteiger partial charge is 0.398 e. The second-order valence-corrected chi connectivity index (χ2v) is 3.63. The van der Waals surface area contributed by atoms with Crippen molar-refractivity contribution in [3.63, 3.8) is 0 Å². The molecule has 1 aromatic carbocycles. The fourth-order valence-corrected chi connectivity index (χ4v) is 1.98. The van der Waals surface area contributed by atoms with Crippen molar-refractivity contribution < 1.29 is 4.39 Å². The Bertz CT molecular complexity index is 405. The van der Waals surface area contributed by atoms with E-state index in [1.165, 1.54) is 12.1 Å². The van der Waals surface area contributed by atoms with Crippen LogP contribution in [0.3, 0.4) is 0 Å². The van der Waals surface area contributed by atoms with Crippen LogP contribution in [0.2, 0.25) is 0 Å². The molecule has 2 N–H and O–H groups in total. The van der Waals surface area contributed by atoms with Crippen LogP contribution in [-0.2, 0) is 0 Å². The lowest BCUT2D eigenvalue weighted by Gasteiger charge is -1.98. The number of thiophene rings is 1. The van der Waals surface area contributed by atoms with Crippen molar-refractivity contribution in [2.75, 3.05) is 5.73 Å². The fourth-order valence-electron chi connectivity index (χ4n) is 1.16. The lowest BCUT2D eigenvalue weighted by molar-refractivity contribution is 0.628. The van der Waals surface area contributed by atoms with Crippen LogP contribution < -0.4 is 5.73 Å². The van der Waals surface area contributed by atoms with Crippen molar-refractivity contribution >= 4 is 17.0 Å². The van der Waals surface area contributed by atoms with Gasteiger partial charge in [0, 0.05) is 0 Å². The zero-order chi connectivity index (χ0) is 9.26. The van der Waals surface area contributed by atoms with Gasteiger partial charge in [0.15, 0.2) is 0 Å². The minimum atomic E-state index is -0.223. The van der Waals surface area contributed by atoms with E-state index in [0.717, 1.165) is 16.1 Å². The highest BCUT2D eigenvalue weighted by molar-refractivity contribution is 7.14. The highest BCUT2D eigenvalue weighted by atomic mass is 32.1. The molecular weight excluding hydrogens is 185 g/mol. The van der Waals surface area contributed by atoms with E-state index < -0.39 is 0 Å². The van der Waals surface area contributed by atoms with Crippen molar-refractivity contribution in [1.29, 1.82) is 0 Å². The molecule has 0 aliphatic rings. The Hall–Kier alpha value is -1.35. The van der Waals surface area contributed by atoms with Gasteiger partial charge in [-0.25, -0.2) is 4.39 Å². The maximum atomic E-state index is 12.6. The zero-order valence-corrected chi connectivity index (χ0v) is 7.64. The summed E-state index contributed by atoms with van der Waals surface area (Å²) in [4.78, 5) is 1.00. The smallest absolute Gasteiger partial charge is 0.123 e. The third-order valence-corrected chi connectivity index (χ3v) is 2.78. The summed E-state index contributed by atoms with van der Waals surface area (Å²) in [6, 6.07) is 8.20. The molecule has 1 aromatic heterocycles. The molecule has 0 atom stereocenters. The van der Waals surface area contributed by atoms with Gasteiger partial charge in [0.25, 0.3) is 0 Å². The first kappa shape index (κ1) is 8.26. The predicted octanol–water partition coefficient (Wildman–Crippen LogP) is 3.14. The monoisotopic (exact) mass is 193 g/mol. The lowest BCUT2D eigenvalue weighted by Crippen LogP contribution is -1.83. The van der Waals surface area contributed by atoms with Gasteiger partial charge in [-0.1, -0.05) is 12.1 Å². The average molecular weight is 193 g/mol. The first-order valence-corrected chi connectivity index (χ1v) is 4.74. The molecule has 0 saturated heterocycles. The summed E-state index contributed by atoms with van der Waals surface area (Å²) in [6.07, 6.45) is 0. The Morgan fingerprint density at radius 3 is 2.31 bits per heavy atom. The molecule has 0 aliphatic carbocycles. The summed E-state index contributed by atoms with van der Waals surface area (Å²) in [5.74, 6) is -0.223. The van der Waals surface area contributed by atoms with Crippen LogP contribution in [0, 0.1) is 5.82 Å². The molecule has 13 heavy (non-hydrogen) atoms. The molecule has 0 radical (unpaired) electrons. The number of rotatable bonds is 1. The molecule has 1 heterocycles. The molecule has 0 bridgehead atoms.